The summed E-state index contributed by atoms with van der Waals surface area (Å²) >= 11 is 4.90. The van der Waals surface area contributed by atoms with Crippen LogP contribution >= 0.6 is 27.7 Å². The number of benzene rings is 1. The fourth-order valence-electron chi connectivity index (χ4n) is 2.77. The fraction of sp³-hybridized carbons (Fsp3) is 0.167. The second kappa shape index (κ2) is 6.90. The van der Waals surface area contributed by atoms with Crippen molar-refractivity contribution in [2.45, 2.75) is 17.1 Å². The molecule has 0 N–H and O–H groups in total. The quantitative estimate of drug-likeness (QED) is 0.434. The number of para-hydroxylation sites is 2. The van der Waals surface area contributed by atoms with Crippen molar-refractivity contribution >= 4 is 33.3 Å². The van der Waals surface area contributed by atoms with E-state index in [-0.39, 0.29) is 0 Å². The molecular weight excluding hydrogens is 432 g/mol. The summed E-state index contributed by atoms with van der Waals surface area (Å²) in [5.41, 5.74) is 1.83. The number of halogens is 1. The molecule has 0 aliphatic carbocycles. The summed E-state index contributed by atoms with van der Waals surface area (Å²) < 4.78 is 20.3. The van der Waals surface area contributed by atoms with Gasteiger partial charge in [-0.2, -0.15) is 0 Å². The van der Waals surface area contributed by atoms with Gasteiger partial charge in [-0.1, -0.05) is 23.9 Å². The normalized spacial score (nSPS) is 16.0. The molecule has 1 atom stereocenters. The highest BCUT2D eigenvalue weighted by Crippen LogP contribution is 2.36. The SMILES string of the molecule is Brc1ccc2nc(CSc3nnc(C4COc5ccccc5O4)o3)cn2c1. The monoisotopic (exact) mass is 444 g/mol. The highest BCUT2D eigenvalue weighted by Gasteiger charge is 2.27. The highest BCUT2D eigenvalue weighted by atomic mass is 79.9. The van der Waals surface area contributed by atoms with E-state index >= 15 is 0 Å². The number of nitrogens with zero attached hydrogens (tertiary/aromatic N) is 4. The molecule has 5 rings (SSSR count). The molecule has 1 aromatic carbocycles. The Hall–Kier alpha value is -2.52. The lowest BCUT2D eigenvalue weighted by molar-refractivity contribution is 0.0686. The molecule has 0 spiro atoms. The van der Waals surface area contributed by atoms with Gasteiger partial charge in [-0.05, 0) is 40.2 Å². The number of thioether (sulfide) groups is 1. The first kappa shape index (κ1) is 16.6. The van der Waals surface area contributed by atoms with Crippen molar-refractivity contribution < 1.29 is 13.9 Å². The van der Waals surface area contributed by atoms with Crippen LogP contribution in [-0.2, 0) is 5.75 Å². The highest BCUT2D eigenvalue weighted by molar-refractivity contribution is 9.10. The summed E-state index contributed by atoms with van der Waals surface area (Å²) in [5, 5.41) is 8.68. The Kier molecular flexibility index (Phi) is 4.25. The van der Waals surface area contributed by atoms with E-state index in [4.69, 9.17) is 13.9 Å². The smallest absolute Gasteiger partial charge is 0.277 e. The largest absolute Gasteiger partial charge is 0.485 e. The molecule has 1 unspecified atom stereocenters. The molecule has 0 fully saturated rings. The minimum absolute atomic E-state index is 0.338. The lowest BCUT2D eigenvalue weighted by Crippen LogP contribution is -2.21. The molecule has 0 saturated heterocycles. The van der Waals surface area contributed by atoms with E-state index in [0.29, 0.717) is 29.2 Å². The van der Waals surface area contributed by atoms with Crippen LogP contribution in [0.3, 0.4) is 0 Å². The van der Waals surface area contributed by atoms with Crippen LogP contribution in [0.15, 0.2) is 62.9 Å². The third-order valence-electron chi connectivity index (χ3n) is 4.01. The van der Waals surface area contributed by atoms with Gasteiger partial charge in [0.05, 0.1) is 5.69 Å². The number of imidazole rings is 1. The van der Waals surface area contributed by atoms with Gasteiger partial charge in [0.15, 0.2) is 11.5 Å². The molecule has 0 saturated carbocycles. The Morgan fingerprint density at radius 2 is 2.00 bits per heavy atom. The maximum absolute atomic E-state index is 5.89. The lowest BCUT2D eigenvalue weighted by Gasteiger charge is -2.23. The summed E-state index contributed by atoms with van der Waals surface area (Å²) in [4.78, 5) is 4.58. The van der Waals surface area contributed by atoms with E-state index in [1.165, 1.54) is 11.8 Å². The van der Waals surface area contributed by atoms with Gasteiger partial charge in [0, 0.05) is 22.6 Å². The predicted octanol–water partition coefficient (Wildman–Crippen LogP) is 4.28. The molecule has 1 aliphatic heterocycles. The predicted molar refractivity (Wildman–Crippen MR) is 102 cm³/mol. The molecule has 4 aromatic rings. The van der Waals surface area contributed by atoms with Gasteiger partial charge in [0.1, 0.15) is 12.3 Å². The van der Waals surface area contributed by atoms with E-state index in [2.05, 4.69) is 31.1 Å². The third-order valence-corrected chi connectivity index (χ3v) is 5.34. The first-order valence-electron chi connectivity index (χ1n) is 8.22. The van der Waals surface area contributed by atoms with Gasteiger partial charge in [0.25, 0.3) is 11.1 Å². The topological polar surface area (TPSA) is 74.7 Å². The molecule has 1 aliphatic rings. The average molecular weight is 445 g/mol. The van der Waals surface area contributed by atoms with Crippen LogP contribution in [0.4, 0.5) is 0 Å². The summed E-state index contributed by atoms with van der Waals surface area (Å²) in [7, 11) is 0. The Balaban J connectivity index is 1.27. The number of ether oxygens (including phenoxy) is 2. The van der Waals surface area contributed by atoms with E-state index < -0.39 is 6.10 Å². The molecule has 7 nitrogen and oxygen atoms in total. The number of aromatic nitrogens is 4. The Morgan fingerprint density at radius 3 is 2.93 bits per heavy atom. The summed E-state index contributed by atoms with van der Waals surface area (Å²) in [5.74, 6) is 2.44. The van der Waals surface area contributed by atoms with Gasteiger partial charge >= 0.3 is 0 Å². The Morgan fingerprint density at radius 1 is 1.11 bits per heavy atom. The fourth-order valence-corrected chi connectivity index (χ4v) is 3.78. The standard InChI is InChI=1S/C18H13BrN4O3S/c19-11-5-6-16-20-12(8-23(16)7-11)10-27-18-22-21-17(26-18)15-9-24-13-3-1-2-4-14(13)25-15/h1-8,15H,9-10H2. The Bertz CT molecular complexity index is 1110. The van der Waals surface area contributed by atoms with E-state index in [1.54, 1.807) is 0 Å². The molecule has 136 valence electrons. The molecule has 0 radical (unpaired) electrons. The first-order valence-corrected chi connectivity index (χ1v) is 10.0. The van der Waals surface area contributed by atoms with Crippen LogP contribution in [0.5, 0.6) is 11.5 Å². The maximum atomic E-state index is 5.89. The molecule has 3 aromatic heterocycles. The van der Waals surface area contributed by atoms with Crippen LogP contribution in [0, 0.1) is 0 Å². The van der Waals surface area contributed by atoms with Crippen molar-refractivity contribution in [1.29, 1.82) is 0 Å². The van der Waals surface area contributed by atoms with E-state index in [0.717, 1.165) is 21.6 Å². The van der Waals surface area contributed by atoms with E-state index in [1.807, 2.05) is 53.2 Å². The molecule has 0 bridgehead atoms. The van der Waals surface area contributed by atoms with Crippen molar-refractivity contribution in [1.82, 2.24) is 19.6 Å². The number of fused-ring (bicyclic) bond motifs is 2. The van der Waals surface area contributed by atoms with Gasteiger partial charge in [0.2, 0.25) is 6.10 Å². The van der Waals surface area contributed by atoms with Gasteiger partial charge < -0.3 is 18.3 Å². The van der Waals surface area contributed by atoms with Crippen molar-refractivity contribution in [3.8, 4) is 11.5 Å². The second-order valence-corrected chi connectivity index (χ2v) is 7.75. The second-order valence-electron chi connectivity index (χ2n) is 5.90. The summed E-state index contributed by atoms with van der Waals surface area (Å²) in [6, 6.07) is 11.5. The zero-order chi connectivity index (χ0) is 18.2. The van der Waals surface area contributed by atoms with Gasteiger partial charge in [-0.3, -0.25) is 0 Å². The number of hydrogen-bond donors (Lipinski definition) is 0. The van der Waals surface area contributed by atoms with Crippen molar-refractivity contribution in [2.24, 2.45) is 0 Å². The molecular formula is C18H13BrN4O3S. The van der Waals surface area contributed by atoms with Crippen molar-refractivity contribution in [3.63, 3.8) is 0 Å². The number of pyridine rings is 1. The van der Waals surface area contributed by atoms with Crippen LogP contribution in [0.25, 0.3) is 5.65 Å². The van der Waals surface area contributed by atoms with Crippen LogP contribution in [-0.4, -0.2) is 26.2 Å². The molecule has 0 amide bonds. The maximum Gasteiger partial charge on any atom is 0.277 e. The number of rotatable bonds is 4. The van der Waals surface area contributed by atoms with Crippen LogP contribution in [0.1, 0.15) is 17.7 Å². The lowest BCUT2D eigenvalue weighted by atomic mass is 10.2. The van der Waals surface area contributed by atoms with Crippen molar-refractivity contribution in [2.75, 3.05) is 6.61 Å². The van der Waals surface area contributed by atoms with Crippen LogP contribution < -0.4 is 9.47 Å². The first-order chi connectivity index (χ1) is 13.2. The minimum atomic E-state index is -0.408. The minimum Gasteiger partial charge on any atom is -0.485 e. The van der Waals surface area contributed by atoms with Gasteiger partial charge in [-0.15, -0.1) is 10.2 Å². The zero-order valence-electron chi connectivity index (χ0n) is 13.9. The van der Waals surface area contributed by atoms with Crippen molar-refractivity contribution in [3.05, 3.63) is 64.8 Å². The number of hydrogen-bond acceptors (Lipinski definition) is 7. The molecule has 27 heavy (non-hydrogen) atoms. The molecule has 4 heterocycles. The van der Waals surface area contributed by atoms with E-state index in [9.17, 15) is 0 Å². The average Bonchev–Trinajstić information content (AvgIpc) is 3.32. The molecule has 9 heteroatoms. The Labute approximate surface area is 166 Å². The summed E-state index contributed by atoms with van der Waals surface area (Å²) in [6.07, 6.45) is 3.55. The van der Waals surface area contributed by atoms with Crippen LogP contribution in [0.2, 0.25) is 0 Å². The summed E-state index contributed by atoms with van der Waals surface area (Å²) in [6.45, 7) is 0.338. The van der Waals surface area contributed by atoms with Gasteiger partial charge in [-0.25, -0.2) is 4.98 Å². The zero-order valence-corrected chi connectivity index (χ0v) is 16.3. The third kappa shape index (κ3) is 3.40.